The lowest BCUT2D eigenvalue weighted by molar-refractivity contribution is -0.158. The summed E-state index contributed by atoms with van der Waals surface area (Å²) in [6.07, 6.45) is 1.74. The first kappa shape index (κ1) is 13.3. The molecule has 0 bridgehead atoms. The highest BCUT2D eigenvalue weighted by Crippen LogP contribution is 2.23. The second-order valence-electron chi connectivity index (χ2n) is 4.69. The molecule has 1 aromatic heterocycles. The molecule has 1 aromatic carbocycles. The Morgan fingerprint density at radius 3 is 2.84 bits per heavy atom. The Labute approximate surface area is 112 Å². The third kappa shape index (κ3) is 3.02. The van der Waals surface area contributed by atoms with E-state index >= 15 is 0 Å². The van der Waals surface area contributed by atoms with Gasteiger partial charge in [0.15, 0.2) is 5.60 Å². The zero-order chi connectivity index (χ0) is 13.9. The quantitative estimate of drug-likeness (QED) is 0.792. The number of hydrogen-bond donors (Lipinski definition) is 0. The van der Waals surface area contributed by atoms with Gasteiger partial charge in [0.25, 0.3) is 0 Å². The van der Waals surface area contributed by atoms with Gasteiger partial charge in [-0.3, -0.25) is 4.98 Å². The number of rotatable bonds is 4. The maximum atomic E-state index is 11.8. The Morgan fingerprint density at radius 2 is 2.11 bits per heavy atom. The Morgan fingerprint density at radius 1 is 1.32 bits per heavy atom. The molecule has 0 aliphatic carbocycles. The molecule has 2 aromatic rings. The first-order chi connectivity index (χ1) is 9.03. The maximum Gasteiger partial charge on any atom is 0.349 e. The maximum absolute atomic E-state index is 11.8. The standard InChI is InChI=1S/C15H17NO3/c1-4-18-14(17)15(2,3)19-12-7-8-13-11(10-12)6-5-9-16-13/h5-10H,4H2,1-3H3. The van der Waals surface area contributed by atoms with E-state index in [1.165, 1.54) is 0 Å². The second kappa shape index (κ2) is 5.26. The van der Waals surface area contributed by atoms with E-state index in [2.05, 4.69) is 4.98 Å². The minimum absolute atomic E-state index is 0.341. The van der Waals surface area contributed by atoms with Gasteiger partial charge in [0.1, 0.15) is 5.75 Å². The molecular weight excluding hydrogens is 242 g/mol. The molecule has 2 rings (SSSR count). The van der Waals surface area contributed by atoms with Crippen LogP contribution in [0.5, 0.6) is 5.75 Å². The van der Waals surface area contributed by atoms with E-state index in [0.717, 1.165) is 10.9 Å². The minimum atomic E-state index is -1.01. The van der Waals surface area contributed by atoms with Crippen LogP contribution in [0.3, 0.4) is 0 Å². The van der Waals surface area contributed by atoms with Gasteiger partial charge in [-0.05, 0) is 45.0 Å². The van der Waals surface area contributed by atoms with Gasteiger partial charge in [0.05, 0.1) is 12.1 Å². The first-order valence-electron chi connectivity index (χ1n) is 6.24. The molecular formula is C15H17NO3. The van der Waals surface area contributed by atoms with Gasteiger partial charge in [-0.1, -0.05) is 6.07 Å². The lowest BCUT2D eigenvalue weighted by atomic mass is 10.1. The Balaban J connectivity index is 2.23. The van der Waals surface area contributed by atoms with Crippen molar-refractivity contribution in [2.24, 2.45) is 0 Å². The zero-order valence-corrected chi connectivity index (χ0v) is 11.3. The van der Waals surface area contributed by atoms with Gasteiger partial charge in [-0.25, -0.2) is 4.79 Å². The van der Waals surface area contributed by atoms with E-state index in [1.807, 2.05) is 24.3 Å². The summed E-state index contributed by atoms with van der Waals surface area (Å²) in [4.78, 5) is 16.0. The van der Waals surface area contributed by atoms with Crippen LogP contribution in [0.4, 0.5) is 0 Å². The van der Waals surface area contributed by atoms with Crippen molar-refractivity contribution in [3.05, 3.63) is 36.5 Å². The van der Waals surface area contributed by atoms with Crippen molar-refractivity contribution in [1.82, 2.24) is 4.98 Å². The molecule has 0 saturated carbocycles. The minimum Gasteiger partial charge on any atom is -0.476 e. The van der Waals surface area contributed by atoms with Crippen LogP contribution in [0.25, 0.3) is 10.9 Å². The fraction of sp³-hybridized carbons (Fsp3) is 0.333. The summed E-state index contributed by atoms with van der Waals surface area (Å²) in [5.41, 5.74) is -0.116. The number of benzene rings is 1. The number of nitrogens with zero attached hydrogens (tertiary/aromatic N) is 1. The van der Waals surface area contributed by atoms with Gasteiger partial charge in [0, 0.05) is 11.6 Å². The van der Waals surface area contributed by atoms with E-state index in [1.54, 1.807) is 33.0 Å². The third-order valence-corrected chi connectivity index (χ3v) is 2.71. The highest BCUT2D eigenvalue weighted by atomic mass is 16.6. The molecule has 19 heavy (non-hydrogen) atoms. The van der Waals surface area contributed by atoms with Crippen LogP contribution in [0, 0.1) is 0 Å². The lowest BCUT2D eigenvalue weighted by Gasteiger charge is -2.24. The largest absolute Gasteiger partial charge is 0.476 e. The molecule has 0 N–H and O–H groups in total. The number of pyridine rings is 1. The second-order valence-corrected chi connectivity index (χ2v) is 4.69. The van der Waals surface area contributed by atoms with Crippen LogP contribution >= 0.6 is 0 Å². The highest BCUT2D eigenvalue weighted by Gasteiger charge is 2.31. The smallest absolute Gasteiger partial charge is 0.349 e. The van der Waals surface area contributed by atoms with Crippen LogP contribution < -0.4 is 4.74 Å². The summed E-state index contributed by atoms with van der Waals surface area (Å²) in [6.45, 7) is 5.50. The van der Waals surface area contributed by atoms with Crippen molar-refractivity contribution >= 4 is 16.9 Å². The van der Waals surface area contributed by atoms with Gasteiger partial charge in [-0.15, -0.1) is 0 Å². The van der Waals surface area contributed by atoms with Crippen LogP contribution in [0.15, 0.2) is 36.5 Å². The number of fused-ring (bicyclic) bond motifs is 1. The summed E-state index contributed by atoms with van der Waals surface area (Å²) < 4.78 is 10.7. The third-order valence-electron chi connectivity index (χ3n) is 2.71. The van der Waals surface area contributed by atoms with Gasteiger partial charge in [0.2, 0.25) is 0 Å². The molecule has 0 fully saturated rings. The van der Waals surface area contributed by atoms with Crippen LogP contribution in [-0.2, 0) is 9.53 Å². The van der Waals surface area contributed by atoms with E-state index in [-0.39, 0.29) is 5.97 Å². The lowest BCUT2D eigenvalue weighted by Crippen LogP contribution is -2.39. The van der Waals surface area contributed by atoms with Crippen molar-refractivity contribution < 1.29 is 14.3 Å². The highest BCUT2D eigenvalue weighted by molar-refractivity contribution is 5.81. The molecule has 0 spiro atoms. The summed E-state index contributed by atoms with van der Waals surface area (Å²) in [5, 5.41) is 0.972. The molecule has 0 radical (unpaired) electrons. The van der Waals surface area contributed by atoms with Crippen molar-refractivity contribution in [1.29, 1.82) is 0 Å². The summed E-state index contributed by atoms with van der Waals surface area (Å²) in [6, 6.07) is 9.35. The predicted octanol–water partition coefficient (Wildman–Crippen LogP) is 2.96. The number of ether oxygens (including phenoxy) is 2. The van der Waals surface area contributed by atoms with Crippen molar-refractivity contribution in [3.63, 3.8) is 0 Å². The normalized spacial score (nSPS) is 11.3. The molecule has 0 unspecified atom stereocenters. The summed E-state index contributed by atoms with van der Waals surface area (Å²) in [7, 11) is 0. The fourth-order valence-corrected chi connectivity index (χ4v) is 1.76. The van der Waals surface area contributed by atoms with E-state index < -0.39 is 5.60 Å². The molecule has 100 valence electrons. The van der Waals surface area contributed by atoms with E-state index in [9.17, 15) is 4.79 Å². The average molecular weight is 259 g/mol. The fourth-order valence-electron chi connectivity index (χ4n) is 1.76. The first-order valence-corrected chi connectivity index (χ1v) is 6.24. The number of carbonyl (C=O) groups excluding carboxylic acids is 1. The molecule has 0 amide bonds. The number of aromatic nitrogens is 1. The number of esters is 1. The molecule has 0 atom stereocenters. The topological polar surface area (TPSA) is 48.4 Å². The zero-order valence-electron chi connectivity index (χ0n) is 11.3. The SMILES string of the molecule is CCOC(=O)C(C)(C)Oc1ccc2ncccc2c1. The molecule has 0 aliphatic rings. The number of hydrogen-bond acceptors (Lipinski definition) is 4. The van der Waals surface area contributed by atoms with Gasteiger partial charge >= 0.3 is 5.97 Å². The predicted molar refractivity (Wildman–Crippen MR) is 73.1 cm³/mol. The molecule has 4 nitrogen and oxygen atoms in total. The summed E-state index contributed by atoms with van der Waals surface area (Å²) in [5.74, 6) is 0.250. The van der Waals surface area contributed by atoms with Gasteiger partial charge < -0.3 is 9.47 Å². The van der Waals surface area contributed by atoms with Crippen LogP contribution in [0.2, 0.25) is 0 Å². The van der Waals surface area contributed by atoms with Crippen molar-refractivity contribution in [3.8, 4) is 5.75 Å². The molecule has 4 heteroatoms. The molecule has 1 heterocycles. The van der Waals surface area contributed by atoms with Crippen molar-refractivity contribution in [2.45, 2.75) is 26.4 Å². The van der Waals surface area contributed by atoms with E-state index in [0.29, 0.717) is 12.4 Å². The van der Waals surface area contributed by atoms with Gasteiger partial charge in [-0.2, -0.15) is 0 Å². The van der Waals surface area contributed by atoms with Crippen LogP contribution in [-0.4, -0.2) is 23.2 Å². The molecule has 0 saturated heterocycles. The monoisotopic (exact) mass is 259 g/mol. The average Bonchev–Trinajstić information content (AvgIpc) is 2.38. The number of carbonyl (C=O) groups is 1. The van der Waals surface area contributed by atoms with Crippen LogP contribution in [0.1, 0.15) is 20.8 Å². The van der Waals surface area contributed by atoms with E-state index in [4.69, 9.17) is 9.47 Å². The van der Waals surface area contributed by atoms with Crippen molar-refractivity contribution in [2.75, 3.05) is 6.61 Å². The Kier molecular flexibility index (Phi) is 3.69. The Bertz CT molecular complexity index is 593. The Hall–Kier alpha value is -2.10. The molecule has 0 aliphatic heterocycles. The summed E-state index contributed by atoms with van der Waals surface area (Å²) >= 11 is 0.